The highest BCUT2D eigenvalue weighted by molar-refractivity contribution is 7.16. The number of thiazole rings is 1. The minimum absolute atomic E-state index is 0.0181. The summed E-state index contributed by atoms with van der Waals surface area (Å²) >= 11 is 6.71. The molecule has 0 atom stereocenters. The van der Waals surface area contributed by atoms with E-state index in [1.54, 1.807) is 19.0 Å². The van der Waals surface area contributed by atoms with Crippen LogP contribution in [0.15, 0.2) is 30.6 Å². The SMILES string of the molecule is CN(C)Cc1sc(NC(=O)c2cnc(Cl)cn2)nc1-c1cc(F)cc(C(F)(F)F)c1. The van der Waals surface area contributed by atoms with Crippen molar-refractivity contribution in [3.63, 3.8) is 0 Å². The van der Waals surface area contributed by atoms with Gasteiger partial charge in [0.2, 0.25) is 0 Å². The Morgan fingerprint density at radius 3 is 2.53 bits per heavy atom. The van der Waals surface area contributed by atoms with Crippen molar-refractivity contribution in [1.82, 2.24) is 19.9 Å². The Balaban J connectivity index is 1.99. The standard InChI is InChI=1S/C18H14ClF4N5OS/c1-28(2)8-13-15(9-3-10(18(21,22)23)5-11(20)4-9)26-17(30-13)27-16(29)12-6-25-14(19)7-24-12/h3-7H,8H2,1-2H3,(H,26,27,29). The molecule has 0 spiro atoms. The highest BCUT2D eigenvalue weighted by Gasteiger charge is 2.32. The maximum atomic E-state index is 13.9. The zero-order valence-electron chi connectivity index (χ0n) is 15.6. The lowest BCUT2D eigenvalue weighted by molar-refractivity contribution is -0.137. The van der Waals surface area contributed by atoms with Gasteiger partial charge < -0.3 is 4.90 Å². The van der Waals surface area contributed by atoms with Crippen molar-refractivity contribution < 1.29 is 22.4 Å². The fourth-order valence-electron chi connectivity index (χ4n) is 2.51. The number of nitrogens with one attached hydrogen (secondary N) is 1. The van der Waals surface area contributed by atoms with Crippen molar-refractivity contribution >= 4 is 34.0 Å². The molecule has 1 amide bonds. The van der Waals surface area contributed by atoms with Crippen LogP contribution in [0.4, 0.5) is 22.7 Å². The summed E-state index contributed by atoms with van der Waals surface area (Å²) in [6, 6.07) is 2.22. The molecule has 12 heteroatoms. The summed E-state index contributed by atoms with van der Waals surface area (Å²) in [5.41, 5.74) is -1.03. The second kappa shape index (κ2) is 8.62. The number of carbonyl (C=O) groups is 1. The normalized spacial score (nSPS) is 11.7. The van der Waals surface area contributed by atoms with Crippen LogP contribution in [-0.2, 0) is 12.7 Å². The monoisotopic (exact) mass is 459 g/mol. The van der Waals surface area contributed by atoms with Crippen LogP contribution >= 0.6 is 22.9 Å². The van der Waals surface area contributed by atoms with Gasteiger partial charge in [-0.25, -0.2) is 19.3 Å². The van der Waals surface area contributed by atoms with Crippen LogP contribution < -0.4 is 5.32 Å². The van der Waals surface area contributed by atoms with Crippen molar-refractivity contribution in [1.29, 1.82) is 0 Å². The molecular weight excluding hydrogens is 446 g/mol. The Morgan fingerprint density at radius 1 is 1.20 bits per heavy atom. The summed E-state index contributed by atoms with van der Waals surface area (Å²) in [6.45, 7) is 0.321. The minimum atomic E-state index is -4.71. The number of aromatic nitrogens is 3. The number of halogens is 5. The molecule has 3 aromatic rings. The third-order valence-electron chi connectivity index (χ3n) is 3.73. The smallest absolute Gasteiger partial charge is 0.304 e. The number of anilines is 1. The highest BCUT2D eigenvalue weighted by Crippen LogP contribution is 2.36. The lowest BCUT2D eigenvalue weighted by Crippen LogP contribution is -2.13. The van der Waals surface area contributed by atoms with Gasteiger partial charge in [-0.05, 0) is 32.3 Å². The predicted octanol–water partition coefficient (Wildman–Crippen LogP) is 4.73. The molecule has 0 aliphatic carbocycles. The summed E-state index contributed by atoms with van der Waals surface area (Å²) in [6.07, 6.45) is -2.33. The van der Waals surface area contributed by atoms with E-state index in [0.29, 0.717) is 17.5 Å². The maximum absolute atomic E-state index is 13.9. The first kappa shape index (κ1) is 22.1. The third kappa shape index (κ3) is 5.29. The maximum Gasteiger partial charge on any atom is 0.416 e. The average Bonchev–Trinajstić information content (AvgIpc) is 3.02. The first-order valence-electron chi connectivity index (χ1n) is 8.34. The second-order valence-electron chi connectivity index (χ2n) is 6.43. The quantitative estimate of drug-likeness (QED) is 0.559. The van der Waals surface area contributed by atoms with Crippen LogP contribution in [0.2, 0.25) is 5.15 Å². The Kier molecular flexibility index (Phi) is 6.34. The molecule has 0 bridgehead atoms. The number of nitrogens with zero attached hydrogens (tertiary/aromatic N) is 4. The van der Waals surface area contributed by atoms with Gasteiger partial charge in [0, 0.05) is 17.0 Å². The Bertz CT molecular complexity index is 1070. The molecule has 3 rings (SSSR count). The average molecular weight is 460 g/mol. The van der Waals surface area contributed by atoms with E-state index in [1.165, 1.54) is 12.4 Å². The van der Waals surface area contributed by atoms with Crippen molar-refractivity contribution in [3.8, 4) is 11.3 Å². The fraction of sp³-hybridized carbons (Fsp3) is 0.222. The van der Waals surface area contributed by atoms with E-state index in [-0.39, 0.29) is 27.2 Å². The molecule has 2 heterocycles. The number of carbonyl (C=O) groups excluding carboxylic acids is 1. The Hall–Kier alpha value is -2.63. The molecule has 0 fully saturated rings. The number of hydrogen-bond donors (Lipinski definition) is 1. The number of rotatable bonds is 5. The summed E-state index contributed by atoms with van der Waals surface area (Å²) < 4.78 is 53.2. The lowest BCUT2D eigenvalue weighted by atomic mass is 10.1. The first-order chi connectivity index (χ1) is 14.0. The summed E-state index contributed by atoms with van der Waals surface area (Å²) in [5.74, 6) is -1.66. The van der Waals surface area contributed by atoms with Crippen LogP contribution in [0.25, 0.3) is 11.3 Å². The number of amides is 1. The summed E-state index contributed by atoms with van der Waals surface area (Å²) in [7, 11) is 3.52. The van der Waals surface area contributed by atoms with Crippen LogP contribution in [0.3, 0.4) is 0 Å². The van der Waals surface area contributed by atoms with Gasteiger partial charge in [0.1, 0.15) is 16.7 Å². The van der Waals surface area contributed by atoms with E-state index in [2.05, 4.69) is 20.3 Å². The van der Waals surface area contributed by atoms with Crippen LogP contribution in [-0.4, -0.2) is 39.9 Å². The van der Waals surface area contributed by atoms with Gasteiger partial charge >= 0.3 is 6.18 Å². The largest absolute Gasteiger partial charge is 0.416 e. The van der Waals surface area contributed by atoms with E-state index < -0.39 is 23.5 Å². The number of hydrogen-bond acceptors (Lipinski definition) is 6. The molecule has 2 aromatic heterocycles. The van der Waals surface area contributed by atoms with Gasteiger partial charge in [-0.1, -0.05) is 22.9 Å². The molecule has 0 saturated heterocycles. The predicted molar refractivity (Wildman–Crippen MR) is 105 cm³/mol. The molecule has 1 aromatic carbocycles. The van der Waals surface area contributed by atoms with Gasteiger partial charge in [0.15, 0.2) is 5.13 Å². The summed E-state index contributed by atoms with van der Waals surface area (Å²) in [5, 5.41) is 2.77. The second-order valence-corrected chi connectivity index (χ2v) is 7.90. The first-order valence-corrected chi connectivity index (χ1v) is 9.54. The molecule has 0 aliphatic rings. The zero-order valence-corrected chi connectivity index (χ0v) is 17.2. The van der Waals surface area contributed by atoms with Gasteiger partial charge in [-0.3, -0.25) is 10.1 Å². The van der Waals surface area contributed by atoms with Crippen LogP contribution in [0.1, 0.15) is 20.9 Å². The Morgan fingerprint density at radius 2 is 1.93 bits per heavy atom. The Labute approximate surface area is 177 Å². The highest BCUT2D eigenvalue weighted by atomic mass is 35.5. The molecule has 0 saturated carbocycles. The molecule has 1 N–H and O–H groups in total. The molecule has 0 radical (unpaired) electrons. The lowest BCUT2D eigenvalue weighted by Gasteiger charge is -2.11. The van der Waals surface area contributed by atoms with E-state index in [0.717, 1.165) is 23.5 Å². The van der Waals surface area contributed by atoms with E-state index in [9.17, 15) is 22.4 Å². The van der Waals surface area contributed by atoms with E-state index in [4.69, 9.17) is 11.6 Å². The molecule has 158 valence electrons. The minimum Gasteiger partial charge on any atom is -0.304 e. The topological polar surface area (TPSA) is 71.0 Å². The summed E-state index contributed by atoms with van der Waals surface area (Å²) in [4.78, 5) is 26.5. The molecule has 30 heavy (non-hydrogen) atoms. The van der Waals surface area contributed by atoms with Gasteiger partial charge in [0.25, 0.3) is 5.91 Å². The van der Waals surface area contributed by atoms with Crippen molar-refractivity contribution in [2.45, 2.75) is 12.7 Å². The van der Waals surface area contributed by atoms with Crippen LogP contribution in [0.5, 0.6) is 0 Å². The van der Waals surface area contributed by atoms with Crippen molar-refractivity contribution in [2.24, 2.45) is 0 Å². The fourth-order valence-corrected chi connectivity index (χ4v) is 3.70. The number of alkyl halides is 3. The van der Waals surface area contributed by atoms with Crippen molar-refractivity contribution in [2.75, 3.05) is 19.4 Å². The molecule has 0 unspecified atom stereocenters. The number of benzene rings is 1. The van der Waals surface area contributed by atoms with Crippen LogP contribution in [0, 0.1) is 5.82 Å². The van der Waals surface area contributed by atoms with Crippen molar-refractivity contribution in [3.05, 3.63) is 57.7 Å². The van der Waals surface area contributed by atoms with Gasteiger partial charge in [-0.15, -0.1) is 0 Å². The molecule has 0 aliphatic heterocycles. The van der Waals surface area contributed by atoms with E-state index >= 15 is 0 Å². The molecular formula is C18H14ClF4N5OS. The molecule has 6 nitrogen and oxygen atoms in total. The third-order valence-corrected chi connectivity index (χ3v) is 4.88. The zero-order chi connectivity index (χ0) is 22.1. The van der Waals surface area contributed by atoms with E-state index in [1.807, 2.05) is 0 Å². The van der Waals surface area contributed by atoms with Gasteiger partial charge in [0.05, 0.1) is 23.7 Å². The van der Waals surface area contributed by atoms with Gasteiger partial charge in [-0.2, -0.15) is 13.2 Å².